The molecular formula is C20H19N3O3S2. The number of carbonyl (C=O) groups is 1. The first-order valence-electron chi connectivity index (χ1n) is 9.27. The third kappa shape index (κ3) is 3.01. The van der Waals surface area contributed by atoms with Crippen LogP contribution in [-0.2, 0) is 9.84 Å². The fourth-order valence-electron chi connectivity index (χ4n) is 4.12. The van der Waals surface area contributed by atoms with Crippen LogP contribution < -0.4 is 10.6 Å². The van der Waals surface area contributed by atoms with Gasteiger partial charge < -0.3 is 10.6 Å². The third-order valence-corrected chi connectivity index (χ3v) is 8.88. The Kier molecular flexibility index (Phi) is 4.22. The predicted octanol–water partition coefficient (Wildman–Crippen LogP) is 2.75. The topological polar surface area (TPSA) is 88.2 Å². The van der Waals surface area contributed by atoms with Crippen molar-refractivity contribution in [3.05, 3.63) is 54.4 Å². The number of aromatic nitrogens is 1. The lowest BCUT2D eigenvalue weighted by Crippen LogP contribution is -2.43. The van der Waals surface area contributed by atoms with Crippen molar-refractivity contribution in [1.29, 1.82) is 0 Å². The number of nitrogens with zero attached hydrogens (tertiary/aromatic N) is 1. The molecule has 2 bridgehead atoms. The molecule has 0 aliphatic carbocycles. The third-order valence-electron chi connectivity index (χ3n) is 5.55. The Labute approximate surface area is 166 Å². The average molecular weight is 414 g/mol. The summed E-state index contributed by atoms with van der Waals surface area (Å²) in [6.07, 6.45) is 4.80. The Morgan fingerprint density at radius 1 is 1.18 bits per heavy atom. The van der Waals surface area contributed by atoms with E-state index in [1.807, 2.05) is 0 Å². The Bertz CT molecular complexity index is 1160. The van der Waals surface area contributed by atoms with Crippen molar-refractivity contribution in [3.8, 4) is 0 Å². The minimum Gasteiger partial charge on any atom is -0.346 e. The van der Waals surface area contributed by atoms with E-state index in [9.17, 15) is 13.2 Å². The van der Waals surface area contributed by atoms with Crippen molar-refractivity contribution in [2.24, 2.45) is 0 Å². The number of nitrogens with one attached hydrogen (secondary N) is 2. The van der Waals surface area contributed by atoms with E-state index in [0.717, 1.165) is 17.5 Å². The summed E-state index contributed by atoms with van der Waals surface area (Å²) in [5, 5.41) is 7.29. The van der Waals surface area contributed by atoms with Crippen molar-refractivity contribution in [3.63, 3.8) is 0 Å². The highest BCUT2D eigenvalue weighted by atomic mass is 32.2. The molecule has 0 saturated carbocycles. The van der Waals surface area contributed by atoms with Crippen molar-refractivity contribution in [2.45, 2.75) is 46.5 Å². The molecule has 144 valence electrons. The van der Waals surface area contributed by atoms with E-state index in [2.05, 4.69) is 15.6 Å². The molecule has 1 aromatic carbocycles. The summed E-state index contributed by atoms with van der Waals surface area (Å²) in [6.45, 7) is 0. The van der Waals surface area contributed by atoms with Gasteiger partial charge >= 0.3 is 0 Å². The lowest BCUT2D eigenvalue weighted by molar-refractivity contribution is 0.0926. The van der Waals surface area contributed by atoms with E-state index in [4.69, 9.17) is 0 Å². The molecule has 0 spiro atoms. The summed E-state index contributed by atoms with van der Waals surface area (Å²) >= 11 is 1.17. The number of hydrogen-bond donors (Lipinski definition) is 2. The second-order valence-corrected chi connectivity index (χ2v) is 10.6. The van der Waals surface area contributed by atoms with Crippen molar-refractivity contribution in [1.82, 2.24) is 15.6 Å². The van der Waals surface area contributed by atoms with E-state index in [1.54, 1.807) is 48.7 Å². The van der Waals surface area contributed by atoms with Gasteiger partial charge in [-0.05, 0) is 48.9 Å². The van der Waals surface area contributed by atoms with Crippen LogP contribution in [0.25, 0.3) is 10.1 Å². The molecule has 3 aromatic rings. The van der Waals surface area contributed by atoms with Crippen LogP contribution in [0.1, 0.15) is 29.8 Å². The Morgan fingerprint density at radius 2 is 2.00 bits per heavy atom. The van der Waals surface area contributed by atoms with Crippen molar-refractivity contribution >= 4 is 37.2 Å². The van der Waals surface area contributed by atoms with Gasteiger partial charge in [0.05, 0.1) is 9.60 Å². The molecule has 28 heavy (non-hydrogen) atoms. The predicted molar refractivity (Wildman–Crippen MR) is 107 cm³/mol. The van der Waals surface area contributed by atoms with Gasteiger partial charge in [-0.2, -0.15) is 0 Å². The minimum absolute atomic E-state index is 0.139. The summed E-state index contributed by atoms with van der Waals surface area (Å²) in [5.41, 5.74) is 0.316. The van der Waals surface area contributed by atoms with Crippen LogP contribution in [0.4, 0.5) is 0 Å². The molecular weight excluding hydrogens is 394 g/mol. The number of rotatable bonds is 4. The average Bonchev–Trinajstić information content (AvgIpc) is 3.43. The molecule has 2 aliphatic rings. The smallest absolute Gasteiger partial charge is 0.270 e. The molecule has 2 N–H and O–H groups in total. The highest BCUT2D eigenvalue weighted by molar-refractivity contribution is 7.93. The molecule has 3 atom stereocenters. The van der Waals surface area contributed by atoms with Crippen LogP contribution in [0.5, 0.6) is 0 Å². The van der Waals surface area contributed by atoms with Crippen molar-refractivity contribution in [2.75, 3.05) is 0 Å². The molecule has 8 heteroatoms. The van der Waals surface area contributed by atoms with Gasteiger partial charge in [0, 0.05) is 24.3 Å². The molecule has 2 aromatic heterocycles. The number of sulfone groups is 1. The Balaban J connectivity index is 1.42. The summed E-state index contributed by atoms with van der Waals surface area (Å²) in [5.74, 6) is -0.208. The first-order valence-corrected chi connectivity index (χ1v) is 11.6. The van der Waals surface area contributed by atoms with E-state index < -0.39 is 9.84 Å². The molecule has 6 nitrogen and oxygen atoms in total. The molecule has 0 radical (unpaired) electrons. The zero-order valence-corrected chi connectivity index (χ0v) is 16.6. The number of amides is 1. The molecule has 2 saturated heterocycles. The lowest BCUT2D eigenvalue weighted by atomic mass is 9.95. The number of pyridine rings is 1. The van der Waals surface area contributed by atoms with Gasteiger partial charge in [-0.3, -0.25) is 4.79 Å². The normalized spacial score (nSPS) is 23.9. The first-order chi connectivity index (χ1) is 13.5. The van der Waals surface area contributed by atoms with E-state index in [0.29, 0.717) is 23.2 Å². The highest BCUT2D eigenvalue weighted by Crippen LogP contribution is 2.33. The molecule has 1 amide bonds. The summed E-state index contributed by atoms with van der Waals surface area (Å²) < 4.78 is 26.7. The molecule has 0 unspecified atom stereocenters. The monoisotopic (exact) mass is 413 g/mol. The number of fused-ring (bicyclic) bond motifs is 3. The van der Waals surface area contributed by atoms with Crippen LogP contribution in [0, 0.1) is 0 Å². The summed E-state index contributed by atoms with van der Waals surface area (Å²) in [7, 11) is -3.58. The molecule has 2 aliphatic heterocycles. The highest BCUT2D eigenvalue weighted by Gasteiger charge is 2.39. The largest absolute Gasteiger partial charge is 0.346 e. The Hall–Kier alpha value is -2.29. The standard InChI is InChI=1S/C20H19N3O3S2/c24-20(23-16-10-13-6-7-15(16)22-13)17-8-12-9-19(27-18(12)11-21-17)28(25,26)14-4-2-1-3-5-14/h1-5,8-9,11,13,15-16,22H,6-7,10H2,(H,23,24)/t13-,15+,16-/m1/s1. The lowest BCUT2D eigenvalue weighted by Gasteiger charge is -2.21. The maximum Gasteiger partial charge on any atom is 0.270 e. The van der Waals surface area contributed by atoms with Gasteiger partial charge in [-0.25, -0.2) is 13.4 Å². The van der Waals surface area contributed by atoms with Crippen LogP contribution in [0.3, 0.4) is 0 Å². The van der Waals surface area contributed by atoms with Crippen molar-refractivity contribution < 1.29 is 13.2 Å². The molecule has 5 rings (SSSR count). The van der Waals surface area contributed by atoms with Crippen LogP contribution in [0.15, 0.2) is 57.8 Å². The number of thiophene rings is 1. The van der Waals surface area contributed by atoms with Crippen LogP contribution in [0.2, 0.25) is 0 Å². The summed E-state index contributed by atoms with van der Waals surface area (Å²) in [4.78, 5) is 17.2. The van der Waals surface area contributed by atoms with Crippen LogP contribution >= 0.6 is 11.3 Å². The van der Waals surface area contributed by atoms with Gasteiger partial charge in [-0.1, -0.05) is 18.2 Å². The molecule has 2 fully saturated rings. The minimum atomic E-state index is -3.58. The maximum absolute atomic E-state index is 12.8. The van der Waals surface area contributed by atoms with Crippen LogP contribution in [-0.4, -0.2) is 37.4 Å². The zero-order chi connectivity index (χ0) is 19.3. The van der Waals surface area contributed by atoms with E-state index >= 15 is 0 Å². The van der Waals surface area contributed by atoms with Gasteiger partial charge in [0.25, 0.3) is 5.91 Å². The van der Waals surface area contributed by atoms with E-state index in [1.165, 1.54) is 17.8 Å². The number of hydrogen-bond acceptors (Lipinski definition) is 6. The first kappa shape index (κ1) is 17.8. The van der Waals surface area contributed by atoms with Gasteiger partial charge in [0.1, 0.15) is 9.90 Å². The maximum atomic E-state index is 12.8. The molecule has 4 heterocycles. The quantitative estimate of drug-likeness (QED) is 0.687. The SMILES string of the molecule is O=C(N[C@@H]1C[C@H]2CC[C@@H]1N2)c1cc2cc(S(=O)(=O)c3ccccc3)sc2cn1. The van der Waals surface area contributed by atoms with Gasteiger partial charge in [0.2, 0.25) is 9.84 Å². The fraction of sp³-hybridized carbons (Fsp3) is 0.300. The summed E-state index contributed by atoms with van der Waals surface area (Å²) in [6, 6.07) is 12.6. The fourth-order valence-corrected chi connectivity index (χ4v) is 6.89. The second-order valence-electron chi connectivity index (χ2n) is 7.35. The van der Waals surface area contributed by atoms with Gasteiger partial charge in [0.15, 0.2) is 0 Å². The number of benzene rings is 1. The second kappa shape index (κ2) is 6.65. The van der Waals surface area contributed by atoms with Gasteiger partial charge in [-0.15, -0.1) is 11.3 Å². The number of carbonyl (C=O) groups excluding carboxylic acids is 1. The zero-order valence-electron chi connectivity index (χ0n) is 15.0. The van der Waals surface area contributed by atoms with E-state index in [-0.39, 0.29) is 21.1 Å². The Morgan fingerprint density at radius 3 is 2.71 bits per heavy atom.